The molecule has 2 rings (SSSR count). The monoisotopic (exact) mass is 244 g/mol. The van der Waals surface area contributed by atoms with Gasteiger partial charge in [-0.1, -0.05) is 35.5 Å². The molecule has 2 aromatic carbocycles. The van der Waals surface area contributed by atoms with E-state index in [9.17, 15) is 4.39 Å². The Labute approximate surface area is 104 Å². The average Bonchev–Trinajstić information content (AvgIpc) is 2.39. The largest absolute Gasteiger partial charge is 0.409 e. The van der Waals surface area contributed by atoms with E-state index < -0.39 is 0 Å². The molecule has 0 fully saturated rings. The van der Waals surface area contributed by atoms with Gasteiger partial charge in [0.05, 0.1) is 0 Å². The van der Waals surface area contributed by atoms with Crippen molar-refractivity contribution >= 4 is 5.84 Å². The minimum atomic E-state index is -0.338. The standard InChI is InChI=1S/C14H13FN2O/c15-12-6-7-13(14(16)17-18)11(9-12)8-10-4-2-1-3-5-10/h1-7,9,18H,8H2,(H2,16,17). The molecule has 0 radical (unpaired) electrons. The number of nitrogens with two attached hydrogens (primary N) is 1. The Hall–Kier alpha value is -2.36. The lowest BCUT2D eigenvalue weighted by molar-refractivity contribution is 0.318. The van der Waals surface area contributed by atoms with Crippen LogP contribution in [0.3, 0.4) is 0 Å². The summed E-state index contributed by atoms with van der Waals surface area (Å²) in [6, 6.07) is 13.8. The lowest BCUT2D eigenvalue weighted by Gasteiger charge is -2.08. The number of benzene rings is 2. The Morgan fingerprint density at radius 3 is 2.56 bits per heavy atom. The van der Waals surface area contributed by atoms with Crippen LogP contribution in [0.15, 0.2) is 53.7 Å². The number of rotatable bonds is 3. The van der Waals surface area contributed by atoms with Crippen molar-refractivity contribution in [2.24, 2.45) is 10.9 Å². The summed E-state index contributed by atoms with van der Waals surface area (Å²) in [5.74, 6) is -0.351. The quantitative estimate of drug-likeness (QED) is 0.377. The normalized spacial score (nSPS) is 11.5. The molecule has 3 N–H and O–H groups in total. The Bertz CT molecular complexity index is 567. The minimum Gasteiger partial charge on any atom is -0.409 e. The van der Waals surface area contributed by atoms with Gasteiger partial charge in [-0.15, -0.1) is 0 Å². The Morgan fingerprint density at radius 1 is 1.17 bits per heavy atom. The number of oxime groups is 1. The fourth-order valence-electron chi connectivity index (χ4n) is 1.83. The van der Waals surface area contributed by atoms with Crippen molar-refractivity contribution in [3.8, 4) is 0 Å². The van der Waals surface area contributed by atoms with Crippen LogP contribution in [0.1, 0.15) is 16.7 Å². The number of halogens is 1. The summed E-state index contributed by atoms with van der Waals surface area (Å²) in [4.78, 5) is 0. The van der Waals surface area contributed by atoms with Crippen molar-refractivity contribution in [1.29, 1.82) is 0 Å². The fraction of sp³-hybridized carbons (Fsp3) is 0.0714. The molecule has 0 unspecified atom stereocenters. The molecule has 0 aliphatic rings. The van der Waals surface area contributed by atoms with Crippen molar-refractivity contribution in [1.82, 2.24) is 0 Å². The number of nitrogens with zero attached hydrogens (tertiary/aromatic N) is 1. The number of hydrogen-bond acceptors (Lipinski definition) is 2. The van der Waals surface area contributed by atoms with Crippen LogP contribution in [0.4, 0.5) is 4.39 Å². The summed E-state index contributed by atoms with van der Waals surface area (Å²) in [7, 11) is 0. The Kier molecular flexibility index (Phi) is 3.57. The van der Waals surface area contributed by atoms with E-state index >= 15 is 0 Å². The highest BCUT2D eigenvalue weighted by molar-refractivity contribution is 5.98. The molecule has 92 valence electrons. The van der Waals surface area contributed by atoms with E-state index in [0.29, 0.717) is 17.5 Å². The molecule has 0 aliphatic carbocycles. The molecule has 0 saturated carbocycles. The van der Waals surface area contributed by atoms with Crippen LogP contribution in [0.5, 0.6) is 0 Å². The van der Waals surface area contributed by atoms with E-state index in [0.717, 1.165) is 5.56 Å². The van der Waals surface area contributed by atoms with Crippen molar-refractivity contribution in [3.63, 3.8) is 0 Å². The summed E-state index contributed by atoms with van der Waals surface area (Å²) < 4.78 is 13.3. The van der Waals surface area contributed by atoms with Crippen LogP contribution < -0.4 is 5.73 Å². The predicted molar refractivity (Wildman–Crippen MR) is 68.2 cm³/mol. The lowest BCUT2D eigenvalue weighted by atomic mass is 9.99. The SMILES string of the molecule is NC(=NO)c1ccc(F)cc1Cc1ccccc1. The third-order valence-electron chi connectivity index (χ3n) is 2.69. The first-order chi connectivity index (χ1) is 8.70. The molecular formula is C14H13FN2O. The van der Waals surface area contributed by atoms with E-state index in [2.05, 4.69) is 5.16 Å². The highest BCUT2D eigenvalue weighted by Gasteiger charge is 2.09. The molecule has 0 amide bonds. The summed E-state index contributed by atoms with van der Waals surface area (Å²) in [5.41, 5.74) is 7.85. The van der Waals surface area contributed by atoms with Gasteiger partial charge in [-0.3, -0.25) is 0 Å². The zero-order valence-corrected chi connectivity index (χ0v) is 9.68. The van der Waals surface area contributed by atoms with Crippen LogP contribution in [0.2, 0.25) is 0 Å². The van der Waals surface area contributed by atoms with E-state index in [1.54, 1.807) is 0 Å². The summed E-state index contributed by atoms with van der Waals surface area (Å²) in [5, 5.41) is 11.7. The van der Waals surface area contributed by atoms with Crippen LogP contribution in [0, 0.1) is 5.82 Å². The molecule has 0 aromatic heterocycles. The van der Waals surface area contributed by atoms with Gasteiger partial charge in [0.1, 0.15) is 5.82 Å². The van der Waals surface area contributed by atoms with Crippen LogP contribution in [-0.4, -0.2) is 11.0 Å². The second-order valence-corrected chi connectivity index (χ2v) is 3.95. The molecule has 0 spiro atoms. The second-order valence-electron chi connectivity index (χ2n) is 3.95. The molecule has 0 aliphatic heterocycles. The molecule has 18 heavy (non-hydrogen) atoms. The van der Waals surface area contributed by atoms with Gasteiger partial charge >= 0.3 is 0 Å². The Morgan fingerprint density at radius 2 is 1.89 bits per heavy atom. The topological polar surface area (TPSA) is 58.6 Å². The third kappa shape index (κ3) is 2.66. The maximum Gasteiger partial charge on any atom is 0.170 e. The zero-order chi connectivity index (χ0) is 13.0. The van der Waals surface area contributed by atoms with E-state index in [4.69, 9.17) is 10.9 Å². The zero-order valence-electron chi connectivity index (χ0n) is 9.68. The molecule has 0 saturated heterocycles. The fourth-order valence-corrected chi connectivity index (χ4v) is 1.83. The molecule has 3 nitrogen and oxygen atoms in total. The smallest absolute Gasteiger partial charge is 0.170 e. The van der Waals surface area contributed by atoms with Crippen molar-refractivity contribution < 1.29 is 9.60 Å². The van der Waals surface area contributed by atoms with Gasteiger partial charge in [0.2, 0.25) is 0 Å². The summed E-state index contributed by atoms with van der Waals surface area (Å²) >= 11 is 0. The van der Waals surface area contributed by atoms with Gasteiger partial charge < -0.3 is 10.9 Å². The van der Waals surface area contributed by atoms with Gasteiger partial charge in [-0.25, -0.2) is 4.39 Å². The highest BCUT2D eigenvalue weighted by atomic mass is 19.1. The molecule has 0 heterocycles. The van der Waals surface area contributed by atoms with E-state index in [-0.39, 0.29) is 11.7 Å². The maximum atomic E-state index is 13.3. The summed E-state index contributed by atoms with van der Waals surface area (Å²) in [6.07, 6.45) is 0.532. The number of amidine groups is 1. The Balaban J connectivity index is 2.40. The molecular weight excluding hydrogens is 231 g/mol. The van der Waals surface area contributed by atoms with Crippen molar-refractivity contribution in [3.05, 3.63) is 71.0 Å². The van der Waals surface area contributed by atoms with Crippen LogP contribution in [0.25, 0.3) is 0 Å². The molecule has 2 aromatic rings. The molecule has 4 heteroatoms. The van der Waals surface area contributed by atoms with E-state index in [1.807, 2.05) is 30.3 Å². The minimum absolute atomic E-state index is 0.0130. The van der Waals surface area contributed by atoms with Crippen LogP contribution >= 0.6 is 0 Å². The van der Waals surface area contributed by atoms with Crippen molar-refractivity contribution in [2.75, 3.05) is 0 Å². The first kappa shape index (κ1) is 12.1. The van der Waals surface area contributed by atoms with Gasteiger partial charge in [0, 0.05) is 5.56 Å². The molecule has 0 atom stereocenters. The predicted octanol–water partition coefficient (Wildman–Crippen LogP) is 2.51. The molecule has 0 bridgehead atoms. The van der Waals surface area contributed by atoms with Gasteiger partial charge in [0.15, 0.2) is 5.84 Å². The lowest BCUT2D eigenvalue weighted by Crippen LogP contribution is -2.16. The first-order valence-corrected chi connectivity index (χ1v) is 5.51. The maximum absolute atomic E-state index is 13.3. The third-order valence-corrected chi connectivity index (χ3v) is 2.69. The van der Waals surface area contributed by atoms with Gasteiger partial charge in [-0.2, -0.15) is 0 Å². The number of hydrogen-bond donors (Lipinski definition) is 2. The first-order valence-electron chi connectivity index (χ1n) is 5.51. The summed E-state index contributed by atoms with van der Waals surface area (Å²) in [6.45, 7) is 0. The van der Waals surface area contributed by atoms with Crippen LogP contribution in [-0.2, 0) is 6.42 Å². The van der Waals surface area contributed by atoms with E-state index in [1.165, 1.54) is 18.2 Å². The second kappa shape index (κ2) is 5.31. The average molecular weight is 244 g/mol. The van der Waals surface area contributed by atoms with Gasteiger partial charge in [-0.05, 0) is 35.7 Å². The van der Waals surface area contributed by atoms with Crippen molar-refractivity contribution in [2.45, 2.75) is 6.42 Å². The highest BCUT2D eigenvalue weighted by Crippen LogP contribution is 2.16. The van der Waals surface area contributed by atoms with Gasteiger partial charge in [0.25, 0.3) is 0 Å².